The molecule has 0 bridgehead atoms. The van der Waals surface area contributed by atoms with Crippen LogP contribution in [0.15, 0.2) is 32.4 Å². The van der Waals surface area contributed by atoms with Crippen molar-refractivity contribution >= 4 is 38.9 Å². The zero-order valence-corrected chi connectivity index (χ0v) is 10.6. The highest BCUT2D eigenvalue weighted by molar-refractivity contribution is 9.10. The van der Waals surface area contributed by atoms with E-state index >= 15 is 0 Å². The van der Waals surface area contributed by atoms with Gasteiger partial charge < -0.3 is 0 Å². The number of thiophene rings is 1. The quantitative estimate of drug-likeness (QED) is 0.800. The van der Waals surface area contributed by atoms with Gasteiger partial charge in [-0.3, -0.25) is 9.36 Å². The van der Waals surface area contributed by atoms with E-state index in [9.17, 15) is 4.79 Å². The van der Waals surface area contributed by atoms with Gasteiger partial charge in [-0.05, 0) is 38.3 Å². The molecule has 0 spiro atoms. The van der Waals surface area contributed by atoms with E-state index in [1.807, 2.05) is 16.8 Å². The molecule has 0 aliphatic carbocycles. The Bertz CT molecular complexity index is 523. The van der Waals surface area contributed by atoms with E-state index < -0.39 is 0 Å². The third-order valence-electron chi connectivity index (χ3n) is 1.87. The average molecular weight is 306 g/mol. The van der Waals surface area contributed by atoms with Crippen LogP contribution in [0.2, 0.25) is 5.15 Å². The van der Waals surface area contributed by atoms with Crippen molar-refractivity contribution in [3.05, 3.63) is 48.7 Å². The molecule has 0 amide bonds. The van der Waals surface area contributed by atoms with Crippen LogP contribution in [0.1, 0.15) is 5.56 Å². The molecule has 2 heterocycles. The van der Waals surface area contributed by atoms with Crippen molar-refractivity contribution in [2.75, 3.05) is 0 Å². The number of halogens is 2. The van der Waals surface area contributed by atoms with Crippen LogP contribution in [0.3, 0.4) is 0 Å². The largest absolute Gasteiger partial charge is 0.294 e. The second-order valence-electron chi connectivity index (χ2n) is 2.91. The van der Waals surface area contributed by atoms with Crippen molar-refractivity contribution in [2.24, 2.45) is 0 Å². The van der Waals surface area contributed by atoms with Crippen LogP contribution in [-0.4, -0.2) is 9.55 Å². The zero-order valence-electron chi connectivity index (χ0n) is 7.48. The van der Waals surface area contributed by atoms with Crippen molar-refractivity contribution in [3.63, 3.8) is 0 Å². The van der Waals surface area contributed by atoms with E-state index in [4.69, 9.17) is 11.6 Å². The van der Waals surface area contributed by atoms with Crippen molar-refractivity contribution < 1.29 is 0 Å². The zero-order chi connectivity index (χ0) is 10.8. The van der Waals surface area contributed by atoms with Gasteiger partial charge in [0.15, 0.2) is 5.15 Å². The lowest BCUT2D eigenvalue weighted by Gasteiger charge is -2.04. The smallest absolute Gasteiger partial charge is 0.269 e. The van der Waals surface area contributed by atoms with Gasteiger partial charge in [-0.1, -0.05) is 11.6 Å². The molecule has 0 saturated carbocycles. The Hall–Kier alpha value is -0.650. The first-order valence-electron chi connectivity index (χ1n) is 4.10. The molecule has 0 aliphatic heterocycles. The van der Waals surface area contributed by atoms with Crippen LogP contribution in [-0.2, 0) is 6.54 Å². The lowest BCUT2D eigenvalue weighted by atomic mass is 10.3. The molecule has 0 aromatic carbocycles. The van der Waals surface area contributed by atoms with Gasteiger partial charge in [0.2, 0.25) is 0 Å². The monoisotopic (exact) mass is 304 g/mol. The summed E-state index contributed by atoms with van der Waals surface area (Å²) in [5, 5.41) is 4.16. The molecule has 2 aromatic rings. The van der Waals surface area contributed by atoms with Crippen molar-refractivity contribution in [1.82, 2.24) is 9.55 Å². The van der Waals surface area contributed by atoms with E-state index in [0.717, 1.165) is 5.56 Å². The first-order valence-corrected chi connectivity index (χ1v) is 6.21. The van der Waals surface area contributed by atoms with Gasteiger partial charge in [0.05, 0.1) is 12.9 Å². The molecule has 0 unspecified atom stereocenters. The predicted octanol–water partition coefficient (Wildman–Crippen LogP) is 2.77. The standard InChI is InChI=1S/C9H6BrClN2OS/c10-7-8(11)12-5-13(9(7)14)3-6-1-2-15-4-6/h1-2,4-5H,3H2. The fraction of sp³-hybridized carbons (Fsp3) is 0.111. The molecule has 0 N–H and O–H groups in total. The summed E-state index contributed by atoms with van der Waals surface area (Å²) in [6.07, 6.45) is 1.45. The van der Waals surface area contributed by atoms with Crippen LogP contribution in [0, 0.1) is 0 Å². The highest BCUT2D eigenvalue weighted by Gasteiger charge is 2.07. The third-order valence-corrected chi connectivity index (χ3v) is 3.83. The lowest BCUT2D eigenvalue weighted by Crippen LogP contribution is -2.21. The minimum atomic E-state index is -0.166. The Labute approximate surface area is 103 Å². The van der Waals surface area contributed by atoms with Gasteiger partial charge in [0, 0.05) is 0 Å². The molecule has 2 aromatic heterocycles. The molecule has 0 atom stereocenters. The molecule has 6 heteroatoms. The normalized spacial score (nSPS) is 10.5. The van der Waals surface area contributed by atoms with Gasteiger partial charge in [-0.2, -0.15) is 11.3 Å². The maximum Gasteiger partial charge on any atom is 0.269 e. The van der Waals surface area contributed by atoms with Crippen LogP contribution in [0.5, 0.6) is 0 Å². The SMILES string of the molecule is O=c1c(Br)c(Cl)ncn1Cc1ccsc1. The van der Waals surface area contributed by atoms with E-state index in [1.165, 1.54) is 10.9 Å². The van der Waals surface area contributed by atoms with Gasteiger partial charge >= 0.3 is 0 Å². The number of hydrogen-bond acceptors (Lipinski definition) is 3. The first-order chi connectivity index (χ1) is 7.18. The van der Waals surface area contributed by atoms with Crippen LogP contribution >= 0.6 is 38.9 Å². The predicted molar refractivity (Wildman–Crippen MR) is 64.6 cm³/mol. The summed E-state index contributed by atoms with van der Waals surface area (Å²) in [5.74, 6) is 0. The summed E-state index contributed by atoms with van der Waals surface area (Å²) in [5.41, 5.74) is 0.916. The highest BCUT2D eigenvalue weighted by Crippen LogP contribution is 2.14. The van der Waals surface area contributed by atoms with E-state index in [1.54, 1.807) is 11.3 Å². The molecule has 0 radical (unpaired) electrons. The van der Waals surface area contributed by atoms with E-state index in [0.29, 0.717) is 11.0 Å². The van der Waals surface area contributed by atoms with Gasteiger partial charge in [-0.25, -0.2) is 4.98 Å². The van der Waals surface area contributed by atoms with Gasteiger partial charge in [0.1, 0.15) is 4.47 Å². The van der Waals surface area contributed by atoms with E-state index in [2.05, 4.69) is 20.9 Å². The lowest BCUT2D eigenvalue weighted by molar-refractivity contribution is 0.733. The molecular formula is C9H6BrClN2OS. The summed E-state index contributed by atoms with van der Waals surface area (Å²) in [7, 11) is 0. The molecule has 2 rings (SSSR count). The minimum Gasteiger partial charge on any atom is -0.294 e. The topological polar surface area (TPSA) is 34.9 Å². The molecule has 0 saturated heterocycles. The Morgan fingerprint density at radius 3 is 3.07 bits per heavy atom. The first kappa shape index (κ1) is 10.9. The van der Waals surface area contributed by atoms with E-state index in [-0.39, 0.29) is 10.7 Å². The summed E-state index contributed by atoms with van der Waals surface area (Å²) in [6.45, 7) is 0.519. The molecule has 15 heavy (non-hydrogen) atoms. The Morgan fingerprint density at radius 2 is 2.40 bits per heavy atom. The minimum absolute atomic E-state index is 0.166. The molecule has 0 aliphatic rings. The Balaban J connectivity index is 2.38. The molecule has 78 valence electrons. The van der Waals surface area contributed by atoms with Crippen LogP contribution in [0.25, 0.3) is 0 Å². The molecular weight excluding hydrogens is 300 g/mol. The number of aromatic nitrogens is 2. The fourth-order valence-corrected chi connectivity index (χ4v) is 2.25. The summed E-state index contributed by atoms with van der Waals surface area (Å²) in [6, 6.07) is 1.97. The average Bonchev–Trinajstić information content (AvgIpc) is 2.72. The Morgan fingerprint density at radius 1 is 1.60 bits per heavy atom. The molecule has 3 nitrogen and oxygen atoms in total. The summed E-state index contributed by atoms with van der Waals surface area (Å²) < 4.78 is 1.82. The molecule has 0 fully saturated rings. The second-order valence-corrected chi connectivity index (χ2v) is 4.85. The maximum atomic E-state index is 11.7. The third kappa shape index (κ3) is 2.30. The van der Waals surface area contributed by atoms with Crippen LogP contribution < -0.4 is 5.56 Å². The number of nitrogens with zero attached hydrogens (tertiary/aromatic N) is 2. The fourth-order valence-electron chi connectivity index (χ4n) is 1.14. The number of hydrogen-bond donors (Lipinski definition) is 0. The summed E-state index contributed by atoms with van der Waals surface area (Å²) in [4.78, 5) is 15.6. The van der Waals surface area contributed by atoms with Crippen molar-refractivity contribution in [1.29, 1.82) is 0 Å². The summed E-state index contributed by atoms with van der Waals surface area (Å²) >= 11 is 10.4. The maximum absolute atomic E-state index is 11.7. The number of rotatable bonds is 2. The van der Waals surface area contributed by atoms with Gasteiger partial charge in [-0.15, -0.1) is 0 Å². The Kier molecular flexibility index (Phi) is 3.23. The van der Waals surface area contributed by atoms with Crippen molar-refractivity contribution in [3.8, 4) is 0 Å². The van der Waals surface area contributed by atoms with Crippen LogP contribution in [0.4, 0.5) is 0 Å². The van der Waals surface area contributed by atoms with Crippen molar-refractivity contribution in [2.45, 2.75) is 6.54 Å². The highest BCUT2D eigenvalue weighted by atomic mass is 79.9. The van der Waals surface area contributed by atoms with Gasteiger partial charge in [0.25, 0.3) is 5.56 Å². The second kappa shape index (κ2) is 4.47.